The molecule has 0 aromatic heterocycles. The van der Waals surface area contributed by atoms with E-state index in [9.17, 15) is 0 Å². The Hall–Kier alpha value is 0.597. The summed E-state index contributed by atoms with van der Waals surface area (Å²) in [7, 11) is 0. The van der Waals surface area contributed by atoms with Gasteiger partial charge in [-0.2, -0.15) is 0 Å². The SMILES string of the molecule is [Li][C]1(C)CCC(C)C1(C)C. The van der Waals surface area contributed by atoms with Gasteiger partial charge in [0.25, 0.3) is 0 Å². The van der Waals surface area contributed by atoms with E-state index in [4.69, 9.17) is 0 Å². The predicted octanol–water partition coefficient (Wildman–Crippen LogP) is 2.79. The normalized spacial score (nSPS) is 46.0. The van der Waals surface area contributed by atoms with Crippen molar-refractivity contribution < 1.29 is 0 Å². The molecule has 1 aliphatic rings. The molecule has 0 nitrogen and oxygen atoms in total. The van der Waals surface area contributed by atoms with Crippen molar-refractivity contribution in [3.8, 4) is 0 Å². The summed E-state index contributed by atoms with van der Waals surface area (Å²) in [6, 6.07) is 0. The third kappa shape index (κ3) is 1.06. The van der Waals surface area contributed by atoms with Crippen molar-refractivity contribution in [1.82, 2.24) is 0 Å². The monoisotopic (exact) mass is 132 g/mol. The van der Waals surface area contributed by atoms with E-state index in [2.05, 4.69) is 45.4 Å². The van der Waals surface area contributed by atoms with Gasteiger partial charge in [0.1, 0.15) is 0 Å². The van der Waals surface area contributed by atoms with Crippen LogP contribution in [0.25, 0.3) is 0 Å². The fourth-order valence-corrected chi connectivity index (χ4v) is 1.93. The summed E-state index contributed by atoms with van der Waals surface area (Å²) in [5, 5.41) is 0. The van der Waals surface area contributed by atoms with Crippen molar-refractivity contribution in [2.45, 2.75) is 44.6 Å². The second-order valence-electron chi connectivity index (χ2n) is 5.05. The van der Waals surface area contributed by atoms with Crippen LogP contribution in [0.4, 0.5) is 0 Å². The Morgan fingerprint density at radius 2 is 1.80 bits per heavy atom. The molecule has 0 aromatic carbocycles. The standard InChI is InChI=1S/C9H17.Li/c1-7-5-6-8(2)9(7,3)4;/h7H,5-6H2,1-4H3;. The predicted molar refractivity (Wildman–Crippen MR) is 46.3 cm³/mol. The Kier molecular flexibility index (Phi) is 1.99. The summed E-state index contributed by atoms with van der Waals surface area (Å²) in [5.41, 5.74) is 0.549. The molecule has 1 rings (SSSR count). The summed E-state index contributed by atoms with van der Waals surface area (Å²) in [6.45, 7) is 9.60. The second-order valence-corrected chi connectivity index (χ2v) is 5.05. The third-order valence-corrected chi connectivity index (χ3v) is 4.18. The van der Waals surface area contributed by atoms with Crippen LogP contribution in [-0.4, -0.2) is 17.7 Å². The van der Waals surface area contributed by atoms with Gasteiger partial charge in [-0.3, -0.25) is 0 Å². The average Bonchev–Trinajstić information content (AvgIpc) is 1.94. The van der Waals surface area contributed by atoms with Crippen LogP contribution in [0.5, 0.6) is 0 Å². The van der Waals surface area contributed by atoms with E-state index in [0.717, 1.165) is 5.92 Å². The van der Waals surface area contributed by atoms with Crippen molar-refractivity contribution in [1.29, 1.82) is 0 Å². The number of hydrogen-bond acceptors (Lipinski definition) is 0. The van der Waals surface area contributed by atoms with Gasteiger partial charge >= 0.3 is 73.7 Å². The van der Waals surface area contributed by atoms with Crippen LogP contribution in [0.1, 0.15) is 40.5 Å². The molecule has 54 valence electrons. The minimum atomic E-state index is 0.549. The first-order chi connectivity index (χ1) is 4.38. The molecule has 10 heavy (non-hydrogen) atoms. The summed E-state index contributed by atoms with van der Waals surface area (Å²) < 4.78 is 0.562. The van der Waals surface area contributed by atoms with Gasteiger partial charge in [0.2, 0.25) is 0 Å². The van der Waals surface area contributed by atoms with E-state index in [1.807, 2.05) is 0 Å². The molecular weight excluding hydrogens is 115 g/mol. The van der Waals surface area contributed by atoms with E-state index in [0.29, 0.717) is 9.50 Å². The van der Waals surface area contributed by atoms with Gasteiger partial charge in [-0.1, -0.05) is 0 Å². The van der Waals surface area contributed by atoms with Crippen molar-refractivity contribution in [3.63, 3.8) is 0 Å². The van der Waals surface area contributed by atoms with Gasteiger partial charge in [0, 0.05) is 0 Å². The summed E-state index contributed by atoms with van der Waals surface area (Å²) in [6.07, 6.45) is 2.82. The van der Waals surface area contributed by atoms with Crippen LogP contribution in [0, 0.1) is 11.3 Å². The van der Waals surface area contributed by atoms with Crippen molar-refractivity contribution >= 4 is 17.7 Å². The van der Waals surface area contributed by atoms with Crippen LogP contribution >= 0.6 is 0 Å². The Morgan fingerprint density at radius 3 is 1.90 bits per heavy atom. The zero-order chi connectivity index (χ0) is 7.99. The molecular formula is C9H17Li. The fraction of sp³-hybridized carbons (Fsp3) is 1.00. The van der Waals surface area contributed by atoms with Gasteiger partial charge in [-0.15, -0.1) is 0 Å². The molecule has 1 saturated carbocycles. The van der Waals surface area contributed by atoms with Gasteiger partial charge < -0.3 is 0 Å². The topological polar surface area (TPSA) is 0 Å². The molecule has 0 spiro atoms. The van der Waals surface area contributed by atoms with Crippen molar-refractivity contribution in [2.24, 2.45) is 11.3 Å². The first-order valence-corrected chi connectivity index (χ1v) is 4.38. The summed E-state index contributed by atoms with van der Waals surface area (Å²) >= 11 is 2.40. The molecule has 0 amide bonds. The molecule has 2 unspecified atom stereocenters. The van der Waals surface area contributed by atoms with E-state index in [1.165, 1.54) is 12.8 Å². The fourth-order valence-electron chi connectivity index (χ4n) is 1.93. The summed E-state index contributed by atoms with van der Waals surface area (Å²) in [5.74, 6) is 0.905. The van der Waals surface area contributed by atoms with Crippen LogP contribution < -0.4 is 0 Å². The van der Waals surface area contributed by atoms with Crippen LogP contribution in [0.15, 0.2) is 0 Å². The third-order valence-electron chi connectivity index (χ3n) is 4.18. The molecule has 2 atom stereocenters. The van der Waals surface area contributed by atoms with E-state index in [1.54, 1.807) is 0 Å². The van der Waals surface area contributed by atoms with Crippen molar-refractivity contribution in [3.05, 3.63) is 0 Å². The molecule has 0 N–H and O–H groups in total. The van der Waals surface area contributed by atoms with Crippen molar-refractivity contribution in [2.75, 3.05) is 0 Å². The summed E-state index contributed by atoms with van der Waals surface area (Å²) in [4.78, 5) is 0. The molecule has 0 saturated heterocycles. The molecule has 0 bridgehead atoms. The maximum atomic E-state index is 2.41. The zero-order valence-corrected chi connectivity index (χ0v) is 7.99. The Morgan fingerprint density at radius 1 is 1.30 bits per heavy atom. The van der Waals surface area contributed by atoms with Crippen LogP contribution in [0.3, 0.4) is 0 Å². The quantitative estimate of drug-likeness (QED) is 0.444. The first kappa shape index (κ1) is 8.69. The van der Waals surface area contributed by atoms with Crippen LogP contribution in [0.2, 0.25) is 4.09 Å². The Labute approximate surface area is 74.0 Å². The molecule has 1 heteroatoms. The maximum absolute atomic E-state index is 2.41. The van der Waals surface area contributed by atoms with Crippen LogP contribution in [-0.2, 0) is 0 Å². The molecule has 0 heterocycles. The van der Waals surface area contributed by atoms with Gasteiger partial charge in [0.15, 0.2) is 0 Å². The Balaban J connectivity index is 2.84. The molecule has 1 aliphatic carbocycles. The van der Waals surface area contributed by atoms with Gasteiger partial charge in [0.05, 0.1) is 0 Å². The second kappa shape index (κ2) is 2.29. The Bertz CT molecular complexity index is 136. The van der Waals surface area contributed by atoms with E-state index >= 15 is 0 Å². The number of hydrogen-bond donors (Lipinski definition) is 0. The van der Waals surface area contributed by atoms with Gasteiger partial charge in [-0.05, 0) is 0 Å². The first-order valence-electron chi connectivity index (χ1n) is 4.38. The van der Waals surface area contributed by atoms with Gasteiger partial charge in [-0.25, -0.2) is 0 Å². The van der Waals surface area contributed by atoms with E-state index < -0.39 is 0 Å². The molecule has 1 fully saturated rings. The molecule has 0 aliphatic heterocycles. The zero-order valence-electron chi connectivity index (χ0n) is 7.99. The minimum absolute atomic E-state index is 0.549. The molecule has 0 radical (unpaired) electrons. The average molecular weight is 132 g/mol. The number of rotatable bonds is 0. The van der Waals surface area contributed by atoms with E-state index in [-0.39, 0.29) is 0 Å². The molecule has 0 aromatic rings.